The topological polar surface area (TPSA) is 43.4 Å². The maximum atomic E-state index is 12.3. The Labute approximate surface area is 117 Å². The molecule has 3 nitrogen and oxygen atoms in total. The van der Waals surface area contributed by atoms with Crippen LogP contribution >= 0.6 is 0 Å². The molecular formula is C17H16O3. The van der Waals surface area contributed by atoms with Gasteiger partial charge in [0.05, 0.1) is 5.57 Å². The van der Waals surface area contributed by atoms with Crippen molar-refractivity contribution in [3.8, 4) is 0 Å². The molecule has 1 heterocycles. The van der Waals surface area contributed by atoms with Crippen LogP contribution in [-0.4, -0.2) is 11.6 Å². The van der Waals surface area contributed by atoms with Gasteiger partial charge >= 0.3 is 0 Å². The molecule has 0 amide bonds. The summed E-state index contributed by atoms with van der Waals surface area (Å²) in [5.74, 6) is 0.0259. The normalized spacial score (nSPS) is 25.9. The summed E-state index contributed by atoms with van der Waals surface area (Å²) in [5, 5.41) is 0. The predicted octanol–water partition coefficient (Wildman–Crippen LogP) is 3.06. The average Bonchev–Trinajstić information content (AvgIpc) is 2.83. The van der Waals surface area contributed by atoms with Crippen molar-refractivity contribution >= 4 is 11.6 Å². The van der Waals surface area contributed by atoms with E-state index in [4.69, 9.17) is 4.74 Å². The number of hydrogen-bond acceptors (Lipinski definition) is 3. The number of carbonyl (C=O) groups is 2. The Hall–Kier alpha value is -2.16. The van der Waals surface area contributed by atoms with Crippen LogP contribution in [0.5, 0.6) is 0 Å². The largest absolute Gasteiger partial charge is 0.478 e. The second-order valence-electron chi connectivity index (χ2n) is 5.59. The van der Waals surface area contributed by atoms with E-state index in [1.807, 2.05) is 37.3 Å². The Kier molecular flexibility index (Phi) is 2.68. The van der Waals surface area contributed by atoms with Crippen LogP contribution in [0.1, 0.15) is 32.8 Å². The lowest BCUT2D eigenvalue weighted by molar-refractivity contribution is -0.119. The number of Topliss-reactive ketones (excluding diaryl/α,β-unsaturated/α-hetero) is 2. The zero-order chi connectivity index (χ0) is 14.5. The zero-order valence-electron chi connectivity index (χ0n) is 11.8. The van der Waals surface area contributed by atoms with Crippen molar-refractivity contribution in [2.45, 2.75) is 32.8 Å². The lowest BCUT2D eigenvalue weighted by atomic mass is 9.84. The van der Waals surface area contributed by atoms with Crippen molar-refractivity contribution in [1.82, 2.24) is 0 Å². The fourth-order valence-electron chi connectivity index (χ4n) is 2.80. The highest BCUT2D eigenvalue weighted by Gasteiger charge is 2.45. The van der Waals surface area contributed by atoms with Gasteiger partial charge in [0.1, 0.15) is 5.60 Å². The minimum Gasteiger partial charge on any atom is -0.478 e. The quantitative estimate of drug-likeness (QED) is 0.735. The van der Waals surface area contributed by atoms with Crippen LogP contribution in [0.25, 0.3) is 0 Å². The summed E-state index contributed by atoms with van der Waals surface area (Å²) in [6, 6.07) is 9.71. The molecule has 0 saturated carbocycles. The molecule has 0 N–H and O–H groups in total. The van der Waals surface area contributed by atoms with Crippen molar-refractivity contribution in [3.05, 3.63) is 58.4 Å². The fraction of sp³-hybridized carbons (Fsp3) is 0.294. The van der Waals surface area contributed by atoms with E-state index in [-0.39, 0.29) is 17.3 Å². The first-order chi connectivity index (χ1) is 9.44. The lowest BCUT2D eigenvalue weighted by Gasteiger charge is -2.25. The maximum Gasteiger partial charge on any atom is 0.224 e. The Bertz CT molecular complexity index is 641. The third-order valence-corrected chi connectivity index (χ3v) is 4.22. The standard InChI is InChI=1S/C17H16O3/c1-10-11(2)15(19)16-13(14(10)18)9-17(3,20-16)12-7-5-4-6-8-12/h4-8H,9H2,1-3H3. The van der Waals surface area contributed by atoms with Gasteiger partial charge < -0.3 is 4.74 Å². The summed E-state index contributed by atoms with van der Waals surface area (Å²) in [7, 11) is 0. The van der Waals surface area contributed by atoms with Crippen LogP contribution in [-0.2, 0) is 19.9 Å². The fourth-order valence-corrected chi connectivity index (χ4v) is 2.80. The SMILES string of the molecule is CC1=C(C)C(=O)C2=C(CC(C)(c3ccccc3)O2)C1=O. The summed E-state index contributed by atoms with van der Waals surface area (Å²) in [5.41, 5.74) is 1.89. The van der Waals surface area contributed by atoms with E-state index >= 15 is 0 Å². The minimum atomic E-state index is -0.637. The van der Waals surface area contributed by atoms with E-state index in [1.54, 1.807) is 13.8 Å². The molecule has 2 aliphatic rings. The molecule has 0 bridgehead atoms. The molecule has 1 unspecified atom stereocenters. The first-order valence-corrected chi connectivity index (χ1v) is 6.68. The molecule has 1 atom stereocenters. The van der Waals surface area contributed by atoms with E-state index < -0.39 is 5.60 Å². The van der Waals surface area contributed by atoms with Gasteiger partial charge in [-0.1, -0.05) is 30.3 Å². The number of hydrogen-bond donors (Lipinski definition) is 0. The Morgan fingerprint density at radius 2 is 1.60 bits per heavy atom. The first kappa shape index (κ1) is 12.9. The van der Waals surface area contributed by atoms with Gasteiger partial charge in [0.15, 0.2) is 11.5 Å². The van der Waals surface area contributed by atoms with Gasteiger partial charge in [0, 0.05) is 17.6 Å². The molecule has 0 spiro atoms. The highest BCUT2D eigenvalue weighted by molar-refractivity contribution is 6.24. The third-order valence-electron chi connectivity index (χ3n) is 4.22. The van der Waals surface area contributed by atoms with Crippen molar-refractivity contribution in [1.29, 1.82) is 0 Å². The summed E-state index contributed by atoms with van der Waals surface area (Å²) in [6.07, 6.45) is 0.446. The van der Waals surface area contributed by atoms with Gasteiger partial charge in [0.25, 0.3) is 0 Å². The molecule has 1 aromatic carbocycles. The second kappa shape index (κ2) is 4.17. The van der Waals surface area contributed by atoms with Crippen molar-refractivity contribution in [2.75, 3.05) is 0 Å². The summed E-state index contributed by atoms with van der Waals surface area (Å²) >= 11 is 0. The van der Waals surface area contributed by atoms with E-state index in [1.165, 1.54) is 0 Å². The number of benzene rings is 1. The summed E-state index contributed by atoms with van der Waals surface area (Å²) in [4.78, 5) is 24.6. The number of ether oxygens (including phenoxy) is 1. The van der Waals surface area contributed by atoms with Gasteiger partial charge in [-0.25, -0.2) is 0 Å². The highest BCUT2D eigenvalue weighted by atomic mass is 16.5. The summed E-state index contributed by atoms with van der Waals surface area (Å²) < 4.78 is 5.92. The monoisotopic (exact) mass is 268 g/mol. The van der Waals surface area contributed by atoms with Crippen LogP contribution in [0.15, 0.2) is 52.8 Å². The smallest absolute Gasteiger partial charge is 0.224 e. The van der Waals surface area contributed by atoms with Crippen molar-refractivity contribution in [2.24, 2.45) is 0 Å². The van der Waals surface area contributed by atoms with Crippen LogP contribution in [0.4, 0.5) is 0 Å². The van der Waals surface area contributed by atoms with Gasteiger partial charge in [0.2, 0.25) is 5.78 Å². The molecule has 1 aromatic rings. The number of allylic oxidation sites excluding steroid dienone is 2. The van der Waals surface area contributed by atoms with Gasteiger partial charge in [-0.15, -0.1) is 0 Å². The van der Waals surface area contributed by atoms with Gasteiger partial charge in [-0.2, -0.15) is 0 Å². The lowest BCUT2D eigenvalue weighted by Crippen LogP contribution is -2.22. The maximum absolute atomic E-state index is 12.3. The van der Waals surface area contributed by atoms with Crippen LogP contribution in [0, 0.1) is 0 Å². The Morgan fingerprint density at radius 3 is 2.25 bits per heavy atom. The Balaban J connectivity index is 2.02. The molecule has 0 fully saturated rings. The molecule has 0 aromatic heterocycles. The van der Waals surface area contributed by atoms with E-state index in [0.29, 0.717) is 23.1 Å². The summed E-state index contributed by atoms with van der Waals surface area (Å²) in [6.45, 7) is 5.31. The first-order valence-electron chi connectivity index (χ1n) is 6.68. The molecule has 1 aliphatic carbocycles. The van der Waals surface area contributed by atoms with Gasteiger partial charge in [-0.3, -0.25) is 9.59 Å². The van der Waals surface area contributed by atoms with Crippen LogP contribution in [0.3, 0.4) is 0 Å². The van der Waals surface area contributed by atoms with Crippen molar-refractivity contribution < 1.29 is 14.3 Å². The molecule has 3 heteroatoms. The number of ketones is 2. The van der Waals surface area contributed by atoms with E-state index in [9.17, 15) is 9.59 Å². The van der Waals surface area contributed by atoms with E-state index in [2.05, 4.69) is 0 Å². The number of carbonyl (C=O) groups excluding carboxylic acids is 2. The molecule has 0 saturated heterocycles. The van der Waals surface area contributed by atoms with Crippen LogP contribution < -0.4 is 0 Å². The van der Waals surface area contributed by atoms with Crippen LogP contribution in [0.2, 0.25) is 0 Å². The Morgan fingerprint density at radius 1 is 1.00 bits per heavy atom. The second-order valence-corrected chi connectivity index (χ2v) is 5.59. The molecule has 20 heavy (non-hydrogen) atoms. The minimum absolute atomic E-state index is 0.0586. The van der Waals surface area contributed by atoms with Crippen molar-refractivity contribution in [3.63, 3.8) is 0 Å². The molecular weight excluding hydrogens is 252 g/mol. The average molecular weight is 268 g/mol. The molecule has 102 valence electrons. The molecule has 1 aliphatic heterocycles. The predicted molar refractivity (Wildman–Crippen MR) is 74.9 cm³/mol. The highest BCUT2D eigenvalue weighted by Crippen LogP contribution is 2.45. The molecule has 0 radical (unpaired) electrons. The molecule has 3 rings (SSSR count). The zero-order valence-corrected chi connectivity index (χ0v) is 11.8. The number of rotatable bonds is 1. The van der Waals surface area contributed by atoms with Gasteiger partial charge in [-0.05, 0) is 26.3 Å². The van der Waals surface area contributed by atoms with E-state index in [0.717, 1.165) is 5.56 Å². The third kappa shape index (κ3) is 1.66.